The lowest BCUT2D eigenvalue weighted by atomic mass is 9.94. The molecule has 0 radical (unpaired) electrons. The molecular formula is C17H25ClN2O. The van der Waals surface area contributed by atoms with Crippen molar-refractivity contribution in [2.45, 2.75) is 38.1 Å². The molecule has 0 aromatic heterocycles. The van der Waals surface area contributed by atoms with Crippen molar-refractivity contribution in [3.63, 3.8) is 0 Å². The van der Waals surface area contributed by atoms with E-state index in [0.29, 0.717) is 18.4 Å². The summed E-state index contributed by atoms with van der Waals surface area (Å²) in [6.07, 6.45) is 5.70. The third-order valence-electron chi connectivity index (χ3n) is 4.85. The molecule has 0 saturated heterocycles. The van der Waals surface area contributed by atoms with Crippen LogP contribution in [0.5, 0.6) is 0 Å². The molecule has 3 N–H and O–H groups in total. The second kappa shape index (κ2) is 7.28. The molecule has 0 bridgehead atoms. The van der Waals surface area contributed by atoms with Gasteiger partial charge in [-0.1, -0.05) is 36.8 Å². The van der Waals surface area contributed by atoms with E-state index in [2.05, 4.69) is 29.6 Å². The number of rotatable bonds is 5. The molecule has 0 aliphatic heterocycles. The molecule has 2 fully saturated rings. The van der Waals surface area contributed by atoms with Crippen LogP contribution in [0.3, 0.4) is 0 Å². The van der Waals surface area contributed by atoms with E-state index < -0.39 is 0 Å². The van der Waals surface area contributed by atoms with E-state index in [9.17, 15) is 4.79 Å². The van der Waals surface area contributed by atoms with Crippen LogP contribution in [0.1, 0.15) is 43.7 Å². The Hall–Kier alpha value is -1.06. The van der Waals surface area contributed by atoms with Crippen molar-refractivity contribution in [2.75, 3.05) is 6.54 Å². The normalized spacial score (nSPS) is 26.0. The van der Waals surface area contributed by atoms with Gasteiger partial charge in [0.05, 0.1) is 6.04 Å². The second-order valence-electron chi connectivity index (χ2n) is 6.27. The number of hydrogen-bond donors (Lipinski definition) is 2. The van der Waals surface area contributed by atoms with Crippen LogP contribution in [0.2, 0.25) is 0 Å². The minimum atomic E-state index is 0. The first kappa shape index (κ1) is 16.3. The highest BCUT2D eigenvalue weighted by atomic mass is 35.5. The summed E-state index contributed by atoms with van der Waals surface area (Å²) in [6, 6.07) is 10.6. The average Bonchev–Trinajstić information content (AvgIpc) is 3.21. The van der Waals surface area contributed by atoms with Gasteiger partial charge in [0.25, 0.3) is 0 Å². The van der Waals surface area contributed by atoms with Crippen LogP contribution in [0.4, 0.5) is 0 Å². The summed E-state index contributed by atoms with van der Waals surface area (Å²) in [5.74, 6) is 1.35. The minimum Gasteiger partial charge on any atom is -0.349 e. The average molecular weight is 309 g/mol. The van der Waals surface area contributed by atoms with Crippen LogP contribution < -0.4 is 11.1 Å². The zero-order chi connectivity index (χ0) is 13.9. The Kier molecular flexibility index (Phi) is 5.65. The summed E-state index contributed by atoms with van der Waals surface area (Å²) in [5.41, 5.74) is 7.04. The summed E-state index contributed by atoms with van der Waals surface area (Å²) in [7, 11) is 0. The molecule has 4 heteroatoms. The summed E-state index contributed by atoms with van der Waals surface area (Å²) < 4.78 is 0. The Morgan fingerprint density at radius 3 is 2.52 bits per heavy atom. The molecule has 0 heterocycles. The molecule has 1 aromatic rings. The number of benzene rings is 1. The number of hydrogen-bond acceptors (Lipinski definition) is 2. The van der Waals surface area contributed by atoms with E-state index in [1.165, 1.54) is 18.4 Å². The smallest absolute Gasteiger partial charge is 0.223 e. The second-order valence-corrected chi connectivity index (χ2v) is 6.27. The maximum absolute atomic E-state index is 12.6. The number of nitrogens with two attached hydrogens (primary N) is 1. The van der Waals surface area contributed by atoms with Gasteiger partial charge in [-0.15, -0.1) is 12.4 Å². The number of amides is 1. The Bertz CT molecular complexity index is 461. The third kappa shape index (κ3) is 3.78. The van der Waals surface area contributed by atoms with Gasteiger partial charge in [-0.3, -0.25) is 4.79 Å². The molecule has 1 aromatic carbocycles. The maximum atomic E-state index is 12.6. The highest BCUT2D eigenvalue weighted by Crippen LogP contribution is 2.41. The van der Waals surface area contributed by atoms with E-state index in [-0.39, 0.29) is 30.3 Å². The Morgan fingerprint density at radius 1 is 1.19 bits per heavy atom. The quantitative estimate of drug-likeness (QED) is 0.878. The van der Waals surface area contributed by atoms with E-state index in [4.69, 9.17) is 5.73 Å². The fraction of sp³-hybridized carbons (Fsp3) is 0.588. The van der Waals surface area contributed by atoms with Gasteiger partial charge in [0.2, 0.25) is 5.91 Å². The van der Waals surface area contributed by atoms with Gasteiger partial charge < -0.3 is 11.1 Å². The summed E-state index contributed by atoms with van der Waals surface area (Å²) in [6.45, 7) is 0.636. The first-order chi connectivity index (χ1) is 9.79. The van der Waals surface area contributed by atoms with Gasteiger partial charge in [0.1, 0.15) is 0 Å². The van der Waals surface area contributed by atoms with Crippen LogP contribution >= 0.6 is 12.4 Å². The SMILES string of the molecule is Cl.NC[C@H]1CCC[C@H]1C(=O)NC(c1ccccc1)C1CC1. The van der Waals surface area contributed by atoms with Crippen LogP contribution in [0.15, 0.2) is 30.3 Å². The minimum absolute atomic E-state index is 0. The maximum Gasteiger partial charge on any atom is 0.223 e. The van der Waals surface area contributed by atoms with Crippen molar-refractivity contribution in [2.24, 2.45) is 23.5 Å². The van der Waals surface area contributed by atoms with Crippen LogP contribution in [-0.4, -0.2) is 12.5 Å². The molecule has 1 unspecified atom stereocenters. The largest absolute Gasteiger partial charge is 0.349 e. The first-order valence-corrected chi connectivity index (χ1v) is 7.85. The van der Waals surface area contributed by atoms with Crippen molar-refractivity contribution < 1.29 is 4.79 Å². The lowest BCUT2D eigenvalue weighted by Crippen LogP contribution is -2.38. The molecule has 21 heavy (non-hydrogen) atoms. The molecule has 116 valence electrons. The predicted molar refractivity (Wildman–Crippen MR) is 87.2 cm³/mol. The standard InChI is InChI=1S/C17H24N2O.ClH/c18-11-14-7-4-8-15(14)17(20)19-16(13-9-10-13)12-5-2-1-3-6-12;/h1-3,5-6,13-16H,4,7-11,18H2,(H,19,20);1H/t14-,15-,16?;/m1./s1. The molecule has 3 rings (SSSR count). The highest BCUT2D eigenvalue weighted by Gasteiger charge is 2.37. The fourth-order valence-corrected chi connectivity index (χ4v) is 3.49. The zero-order valence-electron chi connectivity index (χ0n) is 12.3. The predicted octanol–water partition coefficient (Wildman–Crippen LogP) is 3.05. The highest BCUT2D eigenvalue weighted by molar-refractivity contribution is 5.85. The van der Waals surface area contributed by atoms with Crippen molar-refractivity contribution in [3.05, 3.63) is 35.9 Å². The monoisotopic (exact) mass is 308 g/mol. The van der Waals surface area contributed by atoms with Crippen molar-refractivity contribution in [3.8, 4) is 0 Å². The number of nitrogens with one attached hydrogen (secondary N) is 1. The fourth-order valence-electron chi connectivity index (χ4n) is 3.49. The number of halogens is 1. The van der Waals surface area contributed by atoms with Gasteiger partial charge in [-0.05, 0) is 49.6 Å². The number of carbonyl (C=O) groups is 1. The van der Waals surface area contributed by atoms with Crippen LogP contribution in [0.25, 0.3) is 0 Å². The van der Waals surface area contributed by atoms with Gasteiger partial charge in [0.15, 0.2) is 0 Å². The van der Waals surface area contributed by atoms with E-state index in [1.807, 2.05) is 6.07 Å². The summed E-state index contributed by atoms with van der Waals surface area (Å²) >= 11 is 0. The molecule has 2 aliphatic rings. The van der Waals surface area contributed by atoms with Crippen LogP contribution in [-0.2, 0) is 4.79 Å². The first-order valence-electron chi connectivity index (χ1n) is 7.85. The lowest BCUT2D eigenvalue weighted by molar-refractivity contribution is -0.126. The van der Waals surface area contributed by atoms with E-state index >= 15 is 0 Å². The van der Waals surface area contributed by atoms with Gasteiger partial charge in [0, 0.05) is 5.92 Å². The van der Waals surface area contributed by atoms with Crippen LogP contribution in [0, 0.1) is 17.8 Å². The molecule has 2 aliphatic carbocycles. The summed E-state index contributed by atoms with van der Waals surface area (Å²) in [5, 5.41) is 3.31. The zero-order valence-corrected chi connectivity index (χ0v) is 13.1. The Morgan fingerprint density at radius 2 is 1.90 bits per heavy atom. The molecule has 3 nitrogen and oxygen atoms in total. The van der Waals surface area contributed by atoms with Gasteiger partial charge >= 0.3 is 0 Å². The molecular weight excluding hydrogens is 284 g/mol. The lowest BCUT2D eigenvalue weighted by Gasteiger charge is -2.23. The van der Waals surface area contributed by atoms with Crippen molar-refractivity contribution in [1.82, 2.24) is 5.32 Å². The third-order valence-corrected chi connectivity index (χ3v) is 4.85. The molecule has 0 spiro atoms. The number of carbonyl (C=O) groups excluding carboxylic acids is 1. The van der Waals surface area contributed by atoms with Gasteiger partial charge in [-0.2, -0.15) is 0 Å². The van der Waals surface area contributed by atoms with Crippen molar-refractivity contribution in [1.29, 1.82) is 0 Å². The topological polar surface area (TPSA) is 55.1 Å². The Labute approximate surface area is 133 Å². The Balaban J connectivity index is 0.00000161. The summed E-state index contributed by atoms with van der Waals surface area (Å²) in [4.78, 5) is 12.6. The molecule has 2 saturated carbocycles. The molecule has 1 amide bonds. The van der Waals surface area contributed by atoms with E-state index in [0.717, 1.165) is 19.3 Å². The van der Waals surface area contributed by atoms with Crippen molar-refractivity contribution >= 4 is 18.3 Å². The van der Waals surface area contributed by atoms with Gasteiger partial charge in [-0.25, -0.2) is 0 Å². The van der Waals surface area contributed by atoms with E-state index in [1.54, 1.807) is 0 Å². The molecule has 3 atom stereocenters.